The molecule has 0 fully saturated rings. The molecule has 1 aromatic rings. The molecular formula is C19H36N2. The summed E-state index contributed by atoms with van der Waals surface area (Å²) in [6, 6.07) is 0. The third kappa shape index (κ3) is 10.6. The Labute approximate surface area is 132 Å². The number of rotatable bonds is 14. The van der Waals surface area contributed by atoms with Gasteiger partial charge in [-0.25, -0.2) is 4.98 Å². The summed E-state index contributed by atoms with van der Waals surface area (Å²) in [5.41, 5.74) is 0. The number of unbranched alkanes of at least 4 members (excludes halogenated alkanes) is 8. The van der Waals surface area contributed by atoms with E-state index in [4.69, 9.17) is 0 Å². The minimum absolute atomic E-state index is 0.935. The third-order valence-corrected chi connectivity index (χ3v) is 4.47. The molecule has 0 aliphatic heterocycles. The quantitative estimate of drug-likeness (QED) is 0.372. The summed E-state index contributed by atoms with van der Waals surface area (Å²) in [6.07, 6.45) is 22.8. The molecule has 0 aliphatic rings. The normalized spacial score (nSPS) is 12.7. The van der Waals surface area contributed by atoms with Crippen molar-refractivity contribution in [1.82, 2.24) is 9.55 Å². The molecule has 1 aromatic heterocycles. The maximum atomic E-state index is 4.08. The van der Waals surface area contributed by atoms with Crippen LogP contribution in [0.2, 0.25) is 0 Å². The van der Waals surface area contributed by atoms with E-state index in [1.54, 1.807) is 0 Å². The van der Waals surface area contributed by atoms with Gasteiger partial charge in [-0.3, -0.25) is 0 Å². The lowest BCUT2D eigenvalue weighted by Crippen LogP contribution is -1.96. The minimum atomic E-state index is 0.935. The molecule has 1 rings (SSSR count). The Morgan fingerprint density at radius 3 is 2.10 bits per heavy atom. The van der Waals surface area contributed by atoms with Gasteiger partial charge in [-0.05, 0) is 12.3 Å². The van der Waals surface area contributed by atoms with E-state index in [1.165, 1.54) is 77.0 Å². The van der Waals surface area contributed by atoms with Crippen molar-refractivity contribution in [2.75, 3.05) is 0 Å². The Kier molecular flexibility index (Phi) is 11.2. The van der Waals surface area contributed by atoms with Gasteiger partial charge in [0, 0.05) is 18.9 Å². The largest absolute Gasteiger partial charge is 0.337 e. The average Bonchev–Trinajstić information content (AvgIpc) is 2.99. The Hall–Kier alpha value is -0.790. The molecule has 1 unspecified atom stereocenters. The second-order valence-corrected chi connectivity index (χ2v) is 6.67. The van der Waals surface area contributed by atoms with Crippen molar-refractivity contribution >= 4 is 0 Å². The van der Waals surface area contributed by atoms with Crippen molar-refractivity contribution in [3.63, 3.8) is 0 Å². The van der Waals surface area contributed by atoms with Crippen LogP contribution in [0.4, 0.5) is 0 Å². The summed E-state index contributed by atoms with van der Waals surface area (Å²) < 4.78 is 2.18. The first-order valence-electron chi connectivity index (χ1n) is 9.28. The van der Waals surface area contributed by atoms with E-state index >= 15 is 0 Å². The van der Waals surface area contributed by atoms with Crippen LogP contribution in [0.3, 0.4) is 0 Å². The highest BCUT2D eigenvalue weighted by Crippen LogP contribution is 2.18. The van der Waals surface area contributed by atoms with Gasteiger partial charge in [-0.1, -0.05) is 84.5 Å². The summed E-state index contributed by atoms with van der Waals surface area (Å²) in [5, 5.41) is 0. The van der Waals surface area contributed by atoms with E-state index in [-0.39, 0.29) is 0 Å². The SMILES string of the molecule is CCCCCCCCC(C)CCCCCCn1ccnc1. The van der Waals surface area contributed by atoms with Crippen molar-refractivity contribution in [1.29, 1.82) is 0 Å². The Morgan fingerprint density at radius 1 is 0.857 bits per heavy atom. The van der Waals surface area contributed by atoms with E-state index in [0.29, 0.717) is 0 Å². The van der Waals surface area contributed by atoms with Gasteiger partial charge in [0.1, 0.15) is 0 Å². The molecule has 0 aliphatic carbocycles. The van der Waals surface area contributed by atoms with Crippen LogP contribution in [-0.2, 0) is 6.54 Å². The molecule has 21 heavy (non-hydrogen) atoms. The molecule has 0 radical (unpaired) electrons. The molecular weight excluding hydrogens is 256 g/mol. The molecule has 0 saturated carbocycles. The molecule has 0 N–H and O–H groups in total. The summed E-state index contributed by atoms with van der Waals surface area (Å²) in [6.45, 7) is 5.86. The average molecular weight is 293 g/mol. The predicted octanol–water partition coefficient (Wildman–Crippen LogP) is 6.22. The van der Waals surface area contributed by atoms with Gasteiger partial charge >= 0.3 is 0 Å². The third-order valence-electron chi connectivity index (χ3n) is 4.47. The zero-order valence-electron chi connectivity index (χ0n) is 14.4. The zero-order valence-corrected chi connectivity index (χ0v) is 14.4. The predicted molar refractivity (Wildman–Crippen MR) is 92.5 cm³/mol. The molecule has 0 aromatic carbocycles. The van der Waals surface area contributed by atoms with Crippen LogP contribution in [0.15, 0.2) is 18.7 Å². The van der Waals surface area contributed by atoms with E-state index in [2.05, 4.69) is 29.6 Å². The van der Waals surface area contributed by atoms with Gasteiger partial charge in [0.15, 0.2) is 0 Å². The molecule has 0 spiro atoms. The van der Waals surface area contributed by atoms with Crippen LogP contribution < -0.4 is 0 Å². The van der Waals surface area contributed by atoms with Gasteiger partial charge < -0.3 is 4.57 Å². The van der Waals surface area contributed by atoms with Crippen LogP contribution in [-0.4, -0.2) is 9.55 Å². The van der Waals surface area contributed by atoms with E-state index in [9.17, 15) is 0 Å². The topological polar surface area (TPSA) is 17.8 Å². The molecule has 2 heteroatoms. The number of hydrogen-bond acceptors (Lipinski definition) is 1. The fourth-order valence-electron chi connectivity index (χ4n) is 2.98. The van der Waals surface area contributed by atoms with Crippen molar-refractivity contribution in [2.24, 2.45) is 5.92 Å². The number of nitrogens with zero attached hydrogens (tertiary/aromatic N) is 2. The van der Waals surface area contributed by atoms with Gasteiger partial charge in [0.05, 0.1) is 6.33 Å². The molecule has 0 amide bonds. The summed E-state index contributed by atoms with van der Waals surface area (Å²) in [5.74, 6) is 0.935. The number of hydrogen-bond donors (Lipinski definition) is 0. The monoisotopic (exact) mass is 292 g/mol. The molecule has 2 nitrogen and oxygen atoms in total. The molecule has 1 atom stereocenters. The fraction of sp³-hybridized carbons (Fsp3) is 0.842. The molecule has 0 saturated heterocycles. The standard InChI is InChI=1S/C19H36N2/c1-3-4-5-6-7-10-13-19(2)14-11-8-9-12-16-21-17-15-20-18-21/h15,17-19H,3-14,16H2,1-2H3. The number of imidazole rings is 1. The lowest BCUT2D eigenvalue weighted by atomic mass is 9.96. The second kappa shape index (κ2) is 12.9. The number of aromatic nitrogens is 2. The van der Waals surface area contributed by atoms with Crippen molar-refractivity contribution in [3.8, 4) is 0 Å². The highest BCUT2D eigenvalue weighted by atomic mass is 15.0. The van der Waals surface area contributed by atoms with E-state index in [0.717, 1.165) is 12.5 Å². The maximum absolute atomic E-state index is 4.08. The smallest absolute Gasteiger partial charge is 0.0945 e. The van der Waals surface area contributed by atoms with Gasteiger partial charge in [-0.15, -0.1) is 0 Å². The lowest BCUT2D eigenvalue weighted by molar-refractivity contribution is 0.430. The van der Waals surface area contributed by atoms with Crippen LogP contribution in [0.5, 0.6) is 0 Å². The Morgan fingerprint density at radius 2 is 1.48 bits per heavy atom. The first-order chi connectivity index (χ1) is 10.3. The Bertz CT molecular complexity index is 305. The van der Waals surface area contributed by atoms with Crippen molar-refractivity contribution in [2.45, 2.75) is 97.4 Å². The first kappa shape index (κ1) is 18.3. The van der Waals surface area contributed by atoms with Gasteiger partial charge in [-0.2, -0.15) is 0 Å². The van der Waals surface area contributed by atoms with Crippen molar-refractivity contribution in [3.05, 3.63) is 18.7 Å². The summed E-state index contributed by atoms with van der Waals surface area (Å²) >= 11 is 0. The van der Waals surface area contributed by atoms with E-state index < -0.39 is 0 Å². The lowest BCUT2D eigenvalue weighted by Gasteiger charge is -2.11. The highest BCUT2D eigenvalue weighted by molar-refractivity contribution is 4.73. The van der Waals surface area contributed by atoms with E-state index in [1.807, 2.05) is 12.5 Å². The summed E-state index contributed by atoms with van der Waals surface area (Å²) in [4.78, 5) is 4.08. The second-order valence-electron chi connectivity index (χ2n) is 6.67. The minimum Gasteiger partial charge on any atom is -0.337 e. The number of aryl methyl sites for hydroxylation is 1. The molecule has 122 valence electrons. The Balaban J connectivity index is 1.81. The van der Waals surface area contributed by atoms with Gasteiger partial charge in [0.2, 0.25) is 0 Å². The van der Waals surface area contributed by atoms with Crippen LogP contribution in [0.25, 0.3) is 0 Å². The maximum Gasteiger partial charge on any atom is 0.0945 e. The van der Waals surface area contributed by atoms with Crippen molar-refractivity contribution < 1.29 is 0 Å². The van der Waals surface area contributed by atoms with Crippen LogP contribution >= 0.6 is 0 Å². The van der Waals surface area contributed by atoms with Crippen LogP contribution in [0, 0.1) is 5.92 Å². The highest BCUT2D eigenvalue weighted by Gasteiger charge is 2.02. The molecule has 1 heterocycles. The fourth-order valence-corrected chi connectivity index (χ4v) is 2.98. The van der Waals surface area contributed by atoms with Gasteiger partial charge in [0.25, 0.3) is 0 Å². The first-order valence-corrected chi connectivity index (χ1v) is 9.28. The zero-order chi connectivity index (χ0) is 15.2. The molecule has 0 bridgehead atoms. The van der Waals surface area contributed by atoms with Crippen LogP contribution in [0.1, 0.15) is 90.9 Å². The summed E-state index contributed by atoms with van der Waals surface area (Å²) in [7, 11) is 0.